The van der Waals surface area contributed by atoms with E-state index in [1.54, 1.807) is 92.6 Å². The fraction of sp³-hybridized carbons (Fsp3) is 0.532. The number of alkyl carbamates (subject to hydrolysis) is 2. The fourth-order valence-electron chi connectivity index (χ4n) is 9.43. The van der Waals surface area contributed by atoms with Gasteiger partial charge >= 0.3 is 18.2 Å². The number of aliphatic hydroxyl groups is 3. The highest BCUT2D eigenvalue weighted by atomic mass is 16.6. The third-order valence-electron chi connectivity index (χ3n) is 14.4. The molecule has 0 aliphatic heterocycles. The molecule has 1 aliphatic carbocycles. The molecule has 0 saturated carbocycles. The first kappa shape index (κ1) is 73.6. The van der Waals surface area contributed by atoms with Crippen molar-refractivity contribution in [3.63, 3.8) is 0 Å². The van der Waals surface area contributed by atoms with Crippen molar-refractivity contribution in [2.24, 2.45) is 23.5 Å². The second kappa shape index (κ2) is 35.9. The van der Waals surface area contributed by atoms with Gasteiger partial charge in [-0.15, -0.1) is 0 Å². The molecule has 9 atom stereocenters. The second-order valence-electron chi connectivity index (χ2n) is 23.6. The molecule has 4 rings (SSSR count). The number of carbonyl (C=O) groups is 10. The number of hydrogen-bond donors (Lipinski definition) is 15. The molecular weight excluding hydrogens is 1170 g/mol. The summed E-state index contributed by atoms with van der Waals surface area (Å²) < 4.78 is 16.2. The topological polar surface area (TPSA) is 429 Å². The van der Waals surface area contributed by atoms with E-state index in [4.69, 9.17) is 25.4 Å². The van der Waals surface area contributed by atoms with Crippen molar-refractivity contribution in [1.29, 1.82) is 5.41 Å². The van der Waals surface area contributed by atoms with Gasteiger partial charge in [0.2, 0.25) is 41.4 Å². The van der Waals surface area contributed by atoms with Crippen molar-refractivity contribution in [3.05, 3.63) is 95.6 Å². The van der Waals surface area contributed by atoms with Crippen LogP contribution in [0.25, 0.3) is 11.1 Å². The number of ether oxygens (including phenoxy) is 3. The SMILES string of the molecule is CC[C@H](C)[C@H](NC(=O)[C@@H](CCCNC(=N)N)NC(=O)[C@H](CC(C)C)NC(=O)[C@@H](NC(=O)OC(C)(C)C)[C@H](O)C(C)C)C(=O)N[C@@H](CO)C(=O)NCC(=O)N[C@@H](CNC(=O)OCC1c2ccccc2-c2ccccc21)C(=O)N[C@@H](CO)C(=O)OCc1ccccc1. The number of fused-ring (bicyclic) bond motifs is 3. The number of carbonyl (C=O) groups excluding carboxylic acids is 10. The van der Waals surface area contributed by atoms with Crippen LogP contribution in [0.5, 0.6) is 0 Å². The Morgan fingerprint density at radius 1 is 0.600 bits per heavy atom. The zero-order chi connectivity index (χ0) is 66.8. The van der Waals surface area contributed by atoms with E-state index in [-0.39, 0.29) is 63.2 Å². The van der Waals surface area contributed by atoms with Crippen molar-refractivity contribution < 1.29 is 77.5 Å². The lowest BCUT2D eigenvalue weighted by molar-refractivity contribution is -0.150. The first-order valence-corrected chi connectivity index (χ1v) is 29.9. The Hall–Kier alpha value is -8.89. The minimum absolute atomic E-state index is 0.0225. The molecule has 1 aliphatic rings. The molecule has 0 saturated heterocycles. The van der Waals surface area contributed by atoms with E-state index < -0.39 is 152 Å². The van der Waals surface area contributed by atoms with E-state index in [9.17, 15) is 63.3 Å². The van der Waals surface area contributed by atoms with Gasteiger partial charge in [-0.3, -0.25) is 39.0 Å². The highest BCUT2D eigenvalue weighted by Crippen LogP contribution is 2.44. The van der Waals surface area contributed by atoms with Gasteiger partial charge in [0.15, 0.2) is 12.0 Å². The van der Waals surface area contributed by atoms with E-state index in [1.807, 2.05) is 48.5 Å². The number of nitrogens with one attached hydrogen (secondary N) is 11. The Morgan fingerprint density at radius 2 is 1.14 bits per heavy atom. The lowest BCUT2D eigenvalue weighted by Gasteiger charge is -2.30. The zero-order valence-corrected chi connectivity index (χ0v) is 52.4. The lowest BCUT2D eigenvalue weighted by atomic mass is 9.96. The maximum Gasteiger partial charge on any atom is 0.408 e. The van der Waals surface area contributed by atoms with Gasteiger partial charge in [-0.25, -0.2) is 14.4 Å². The molecule has 16 N–H and O–H groups in total. The second-order valence-corrected chi connectivity index (χ2v) is 23.6. The van der Waals surface area contributed by atoms with Gasteiger partial charge in [0.05, 0.1) is 32.4 Å². The molecule has 3 aromatic carbocycles. The maximum atomic E-state index is 14.3. The third-order valence-corrected chi connectivity index (χ3v) is 14.4. The summed E-state index contributed by atoms with van der Waals surface area (Å²) >= 11 is 0. The Bertz CT molecular complexity index is 2900. The number of hydrogen-bond acceptors (Lipinski definition) is 17. The summed E-state index contributed by atoms with van der Waals surface area (Å²) in [6, 6.07) is 13.1. The first-order chi connectivity index (χ1) is 42.6. The van der Waals surface area contributed by atoms with Crippen LogP contribution in [0, 0.1) is 23.2 Å². The molecule has 9 amide bonds. The van der Waals surface area contributed by atoms with Gasteiger partial charge in [0.25, 0.3) is 0 Å². The number of guanidine groups is 1. The minimum atomic E-state index is -1.74. The van der Waals surface area contributed by atoms with Crippen LogP contribution in [0.15, 0.2) is 78.9 Å². The molecule has 494 valence electrons. The maximum absolute atomic E-state index is 14.3. The fourth-order valence-corrected chi connectivity index (χ4v) is 9.43. The number of rotatable bonds is 34. The molecule has 28 heteroatoms. The molecular formula is C62H90N12O16. The molecule has 0 heterocycles. The van der Waals surface area contributed by atoms with E-state index in [1.165, 1.54) is 0 Å². The molecule has 0 radical (unpaired) electrons. The van der Waals surface area contributed by atoms with Gasteiger partial charge < -0.3 is 88.4 Å². The highest BCUT2D eigenvalue weighted by Gasteiger charge is 2.38. The summed E-state index contributed by atoms with van der Waals surface area (Å²) in [5, 5.41) is 63.8. The molecule has 90 heavy (non-hydrogen) atoms. The van der Waals surface area contributed by atoms with Crippen molar-refractivity contribution >= 4 is 65.5 Å². The van der Waals surface area contributed by atoms with Crippen LogP contribution < -0.4 is 58.9 Å². The Kier molecular flexibility index (Phi) is 29.4. The van der Waals surface area contributed by atoms with Crippen molar-refractivity contribution in [2.75, 3.05) is 39.5 Å². The summed E-state index contributed by atoms with van der Waals surface area (Å²) in [5.74, 6) is -9.96. The highest BCUT2D eigenvalue weighted by molar-refractivity contribution is 5.97. The van der Waals surface area contributed by atoms with Crippen LogP contribution in [0.2, 0.25) is 0 Å². The molecule has 0 aromatic heterocycles. The van der Waals surface area contributed by atoms with Crippen molar-refractivity contribution in [3.8, 4) is 11.1 Å². The third kappa shape index (κ3) is 23.6. The Labute approximate surface area is 523 Å². The van der Waals surface area contributed by atoms with E-state index in [0.717, 1.165) is 22.3 Å². The predicted molar refractivity (Wildman–Crippen MR) is 330 cm³/mol. The van der Waals surface area contributed by atoms with E-state index in [0.29, 0.717) is 5.56 Å². The van der Waals surface area contributed by atoms with Gasteiger partial charge in [-0.2, -0.15) is 0 Å². The number of nitrogens with two attached hydrogens (primary N) is 1. The van der Waals surface area contributed by atoms with Crippen LogP contribution in [-0.4, -0.2) is 174 Å². The van der Waals surface area contributed by atoms with E-state index >= 15 is 0 Å². The Morgan fingerprint density at radius 3 is 1.71 bits per heavy atom. The minimum Gasteiger partial charge on any atom is -0.459 e. The standard InChI is InChI=1S/C62H90N12O16/c1-10-36(6)49(73-53(80)43(25-18-26-65-59(63)64)69-54(81)44(27-34(2)3)70-57(84)50(51(78)35(4)5)74-61(87)90-62(7,8)9)56(83)71-46(30-75)52(79)66-29-48(77)68-45(55(82)72-47(31-76)58(85)88-32-37-19-12-11-13-20-37)28-67-60(86)89-33-42-40-23-16-14-21-38(40)39-22-15-17-24-41(39)42/h11-17,19-24,34-36,42-47,49-51,75-76,78H,10,18,25-33H2,1-9H3,(H,66,79)(H,67,86)(H,68,77)(H,69,81)(H,70,84)(H,71,83)(H,72,82)(H,73,80)(H,74,87)(H4,63,64,65)/t36-,43+,44-,45-,46-,47-,49-,50-,51+/m0/s1. The van der Waals surface area contributed by atoms with Crippen LogP contribution in [0.4, 0.5) is 9.59 Å². The van der Waals surface area contributed by atoms with Crippen molar-refractivity contribution in [2.45, 2.75) is 155 Å². The summed E-state index contributed by atoms with van der Waals surface area (Å²) in [5.41, 5.74) is 8.95. The molecule has 3 aromatic rings. The lowest BCUT2D eigenvalue weighted by Crippen LogP contribution is -2.62. The Balaban J connectivity index is 1.47. The molecule has 0 fully saturated rings. The molecule has 0 bridgehead atoms. The largest absolute Gasteiger partial charge is 0.459 e. The summed E-state index contributed by atoms with van der Waals surface area (Å²) in [6.45, 7) is 11.2. The normalized spacial score (nSPS) is 14.8. The monoisotopic (exact) mass is 1260 g/mol. The first-order valence-electron chi connectivity index (χ1n) is 29.9. The van der Waals surface area contributed by atoms with Crippen LogP contribution in [0.3, 0.4) is 0 Å². The van der Waals surface area contributed by atoms with Crippen LogP contribution in [0.1, 0.15) is 111 Å². The average molecular weight is 1260 g/mol. The van der Waals surface area contributed by atoms with E-state index in [2.05, 4.69) is 53.2 Å². The summed E-state index contributed by atoms with van der Waals surface area (Å²) in [4.78, 5) is 137. The zero-order valence-electron chi connectivity index (χ0n) is 52.4. The quantitative estimate of drug-likeness (QED) is 0.0128. The summed E-state index contributed by atoms with van der Waals surface area (Å²) in [7, 11) is 0. The van der Waals surface area contributed by atoms with Gasteiger partial charge in [0.1, 0.15) is 55.1 Å². The van der Waals surface area contributed by atoms with Gasteiger partial charge in [0, 0.05) is 12.5 Å². The number of amides is 9. The average Bonchev–Trinajstić information content (AvgIpc) is 1.65. The summed E-state index contributed by atoms with van der Waals surface area (Å²) in [6.07, 6.45) is -3.08. The molecule has 0 spiro atoms. The molecule has 28 nitrogen and oxygen atoms in total. The van der Waals surface area contributed by atoms with Crippen LogP contribution >= 0.6 is 0 Å². The number of esters is 1. The number of benzene rings is 3. The number of aliphatic hydroxyl groups excluding tert-OH is 3. The van der Waals surface area contributed by atoms with Gasteiger partial charge in [-0.1, -0.05) is 127 Å². The molecule has 0 unspecified atom stereocenters. The van der Waals surface area contributed by atoms with Crippen molar-refractivity contribution in [1.82, 2.24) is 53.2 Å². The van der Waals surface area contributed by atoms with Gasteiger partial charge in [-0.05, 0) is 85.6 Å². The predicted octanol–water partition coefficient (Wildman–Crippen LogP) is 0.544. The van der Waals surface area contributed by atoms with Crippen LogP contribution in [-0.2, 0) is 59.2 Å². The smallest absolute Gasteiger partial charge is 0.408 e.